The molecule has 0 radical (unpaired) electrons. The number of esters is 2. The van der Waals surface area contributed by atoms with Crippen LogP contribution in [0.1, 0.15) is 149 Å². The third-order valence-corrected chi connectivity index (χ3v) is 8.46. The van der Waals surface area contributed by atoms with Crippen LogP contribution in [0, 0.1) is 0 Å². The molecular formula is C38H68NO8P. The minimum Gasteiger partial charge on any atom is -0.462 e. The smallest absolute Gasteiger partial charge is 0.462 e. The lowest BCUT2D eigenvalue weighted by atomic mass is 10.0. The molecule has 48 heavy (non-hydrogen) atoms. The highest BCUT2D eigenvalue weighted by Gasteiger charge is 2.25. The Kier molecular flexibility index (Phi) is 33.3. The first-order chi connectivity index (χ1) is 23.3. The summed E-state index contributed by atoms with van der Waals surface area (Å²) in [6, 6.07) is 0. The molecule has 0 aromatic carbocycles. The summed E-state index contributed by atoms with van der Waals surface area (Å²) in [5.74, 6) is -0.881. The largest absolute Gasteiger partial charge is 0.472 e. The average Bonchev–Trinajstić information content (AvgIpc) is 3.07. The number of carbonyl (C=O) groups is 2. The first-order valence-corrected chi connectivity index (χ1v) is 20.1. The van der Waals surface area contributed by atoms with E-state index in [1.165, 1.54) is 57.8 Å². The Morgan fingerprint density at radius 1 is 0.646 bits per heavy atom. The van der Waals surface area contributed by atoms with Crippen molar-refractivity contribution < 1.29 is 37.6 Å². The molecule has 0 bridgehead atoms. The number of unbranched alkanes of at least 4 members (excludes halogenated alkanes) is 13. The zero-order chi connectivity index (χ0) is 35.4. The second kappa shape index (κ2) is 34.8. The van der Waals surface area contributed by atoms with Crippen molar-refractivity contribution in [2.45, 2.75) is 155 Å². The molecule has 0 aromatic heterocycles. The maximum absolute atomic E-state index is 12.5. The molecule has 0 aliphatic carbocycles. The Labute approximate surface area is 292 Å². The summed E-state index contributed by atoms with van der Waals surface area (Å²) >= 11 is 0. The van der Waals surface area contributed by atoms with Crippen LogP contribution in [0.5, 0.6) is 0 Å². The minimum atomic E-state index is -4.38. The summed E-state index contributed by atoms with van der Waals surface area (Å²) in [5, 5.41) is 0. The lowest BCUT2D eigenvalue weighted by Crippen LogP contribution is -2.29. The number of nitrogens with two attached hydrogens (primary N) is 1. The van der Waals surface area contributed by atoms with Gasteiger partial charge in [-0.2, -0.15) is 0 Å². The summed E-state index contributed by atoms with van der Waals surface area (Å²) in [5.41, 5.74) is 5.32. The van der Waals surface area contributed by atoms with E-state index in [0.29, 0.717) is 6.42 Å². The van der Waals surface area contributed by atoms with Crippen LogP contribution in [0.15, 0.2) is 48.6 Å². The van der Waals surface area contributed by atoms with Crippen LogP contribution < -0.4 is 5.73 Å². The molecule has 0 heterocycles. The van der Waals surface area contributed by atoms with Crippen LogP contribution in [-0.2, 0) is 32.7 Å². The fourth-order valence-corrected chi connectivity index (χ4v) is 5.51. The summed E-state index contributed by atoms with van der Waals surface area (Å²) < 4.78 is 32.6. The monoisotopic (exact) mass is 697 g/mol. The second-order valence-corrected chi connectivity index (χ2v) is 13.5. The number of rotatable bonds is 34. The van der Waals surface area contributed by atoms with Gasteiger partial charge in [0.1, 0.15) is 6.61 Å². The lowest BCUT2D eigenvalue weighted by molar-refractivity contribution is -0.161. The van der Waals surface area contributed by atoms with Crippen LogP contribution in [-0.4, -0.2) is 49.3 Å². The fraction of sp³-hybridized carbons (Fsp3) is 0.737. The quantitative estimate of drug-likeness (QED) is 0.0291. The molecular weight excluding hydrogens is 629 g/mol. The van der Waals surface area contributed by atoms with Gasteiger partial charge in [-0.05, 0) is 51.4 Å². The third kappa shape index (κ3) is 33.9. The van der Waals surface area contributed by atoms with E-state index in [-0.39, 0.29) is 32.6 Å². The van der Waals surface area contributed by atoms with Gasteiger partial charge in [0.25, 0.3) is 0 Å². The summed E-state index contributed by atoms with van der Waals surface area (Å²) in [7, 11) is -4.38. The highest BCUT2D eigenvalue weighted by Crippen LogP contribution is 2.43. The summed E-state index contributed by atoms with van der Waals surface area (Å²) in [6.45, 7) is 3.54. The van der Waals surface area contributed by atoms with Crippen molar-refractivity contribution in [2.24, 2.45) is 5.73 Å². The van der Waals surface area contributed by atoms with Crippen LogP contribution >= 0.6 is 7.82 Å². The fourth-order valence-electron chi connectivity index (χ4n) is 4.74. The molecule has 0 saturated heterocycles. The van der Waals surface area contributed by atoms with E-state index in [2.05, 4.69) is 62.5 Å². The second-order valence-electron chi connectivity index (χ2n) is 12.1. The van der Waals surface area contributed by atoms with Crippen molar-refractivity contribution >= 4 is 19.8 Å². The molecule has 9 nitrogen and oxygen atoms in total. The maximum atomic E-state index is 12.5. The molecule has 10 heteroatoms. The molecule has 0 aliphatic rings. The number of phosphoric ester groups is 1. The summed E-state index contributed by atoms with van der Waals surface area (Å²) in [6.07, 6.45) is 37.2. The molecule has 0 spiro atoms. The molecule has 0 aliphatic heterocycles. The van der Waals surface area contributed by atoms with Gasteiger partial charge >= 0.3 is 19.8 Å². The Bertz CT molecular complexity index is 934. The van der Waals surface area contributed by atoms with Crippen molar-refractivity contribution in [3.63, 3.8) is 0 Å². The first-order valence-electron chi connectivity index (χ1n) is 18.6. The van der Waals surface area contributed by atoms with E-state index >= 15 is 0 Å². The molecule has 1 unspecified atom stereocenters. The van der Waals surface area contributed by atoms with Gasteiger partial charge in [-0.25, -0.2) is 4.57 Å². The van der Waals surface area contributed by atoms with E-state index in [4.69, 9.17) is 24.3 Å². The first kappa shape index (κ1) is 46.0. The molecule has 2 atom stereocenters. The number of phosphoric acid groups is 1. The number of allylic oxidation sites excluding steroid dienone is 8. The number of hydrogen-bond donors (Lipinski definition) is 2. The van der Waals surface area contributed by atoms with Crippen molar-refractivity contribution in [3.8, 4) is 0 Å². The molecule has 0 aromatic rings. The predicted molar refractivity (Wildman–Crippen MR) is 196 cm³/mol. The Morgan fingerprint density at radius 2 is 1.15 bits per heavy atom. The van der Waals surface area contributed by atoms with Gasteiger partial charge < -0.3 is 20.1 Å². The van der Waals surface area contributed by atoms with Crippen molar-refractivity contribution in [3.05, 3.63) is 48.6 Å². The highest BCUT2D eigenvalue weighted by molar-refractivity contribution is 7.47. The molecule has 0 amide bonds. The minimum absolute atomic E-state index is 0.0456. The van der Waals surface area contributed by atoms with Crippen molar-refractivity contribution in [1.82, 2.24) is 0 Å². The molecule has 0 fully saturated rings. The van der Waals surface area contributed by atoms with Gasteiger partial charge in [-0.1, -0.05) is 133 Å². The number of carbonyl (C=O) groups excluding carboxylic acids is 2. The Hall–Kier alpha value is -2.03. The number of ether oxygens (including phenoxy) is 2. The van der Waals surface area contributed by atoms with Gasteiger partial charge in [-0.3, -0.25) is 18.6 Å². The number of hydrogen-bond acceptors (Lipinski definition) is 8. The standard InChI is InChI=1S/C38H68NO8P/c1-3-5-7-9-11-13-15-17-18-19-21-23-25-27-29-31-38(41)47-36(35-46-48(42,43)45-33-32-39)34-44-37(40)30-28-26-24-22-20-16-14-12-10-8-6-4-2/h5,7,11,13,17-18,21,23,36H,3-4,6,8-10,12,14-16,19-20,22,24-35,39H2,1-2H3,(H,42,43)/b7-5-,13-11-,18-17-,23-21-/t36-/m1/s1. The molecule has 278 valence electrons. The predicted octanol–water partition coefficient (Wildman–Crippen LogP) is 9.99. The third-order valence-electron chi connectivity index (χ3n) is 7.48. The van der Waals surface area contributed by atoms with Crippen LogP contribution in [0.2, 0.25) is 0 Å². The molecule has 3 N–H and O–H groups in total. The summed E-state index contributed by atoms with van der Waals surface area (Å²) in [4.78, 5) is 34.6. The van der Waals surface area contributed by atoms with E-state index in [1.807, 2.05) is 0 Å². The van der Waals surface area contributed by atoms with E-state index in [9.17, 15) is 19.0 Å². The topological polar surface area (TPSA) is 134 Å². The van der Waals surface area contributed by atoms with E-state index in [1.54, 1.807) is 0 Å². The zero-order valence-corrected chi connectivity index (χ0v) is 31.1. The van der Waals surface area contributed by atoms with Gasteiger partial charge in [0.15, 0.2) is 6.10 Å². The Morgan fingerprint density at radius 3 is 1.71 bits per heavy atom. The highest BCUT2D eigenvalue weighted by atomic mass is 31.2. The maximum Gasteiger partial charge on any atom is 0.472 e. The van der Waals surface area contributed by atoms with Gasteiger partial charge in [-0.15, -0.1) is 0 Å². The van der Waals surface area contributed by atoms with Crippen LogP contribution in [0.25, 0.3) is 0 Å². The van der Waals surface area contributed by atoms with Crippen LogP contribution in [0.4, 0.5) is 0 Å². The SMILES string of the molecule is CC/C=C\C/C=C\C/C=C\C/C=C\CCCCC(=O)O[C@H](COC(=O)CCCCCCCCCCCCCC)COP(=O)(O)OCCN. The molecule has 0 saturated carbocycles. The van der Waals surface area contributed by atoms with Gasteiger partial charge in [0.05, 0.1) is 13.2 Å². The van der Waals surface area contributed by atoms with Crippen LogP contribution in [0.3, 0.4) is 0 Å². The molecule has 0 rings (SSSR count). The zero-order valence-electron chi connectivity index (χ0n) is 30.2. The van der Waals surface area contributed by atoms with Gasteiger partial charge in [0.2, 0.25) is 0 Å². The van der Waals surface area contributed by atoms with Gasteiger partial charge in [0, 0.05) is 19.4 Å². The van der Waals surface area contributed by atoms with E-state index < -0.39 is 32.5 Å². The van der Waals surface area contributed by atoms with Crippen molar-refractivity contribution in [1.29, 1.82) is 0 Å². The average molecular weight is 698 g/mol. The van der Waals surface area contributed by atoms with E-state index in [0.717, 1.165) is 57.8 Å². The lowest BCUT2D eigenvalue weighted by Gasteiger charge is -2.19. The Balaban J connectivity index is 4.32. The normalized spacial score (nSPS) is 14.0. The van der Waals surface area contributed by atoms with Crippen molar-refractivity contribution in [2.75, 3.05) is 26.4 Å².